The molecule has 1 aliphatic heterocycles. The second kappa shape index (κ2) is 7.45. The van der Waals surface area contributed by atoms with Gasteiger partial charge in [-0.15, -0.1) is 0 Å². The summed E-state index contributed by atoms with van der Waals surface area (Å²) in [4.78, 5) is 0. The highest BCUT2D eigenvalue weighted by molar-refractivity contribution is 6.30. The summed E-state index contributed by atoms with van der Waals surface area (Å²) in [5, 5.41) is 3.48. The minimum atomic E-state index is -0.792. The van der Waals surface area contributed by atoms with E-state index in [0.717, 1.165) is 32.0 Å². The van der Waals surface area contributed by atoms with Gasteiger partial charge in [0.05, 0.1) is 0 Å². The largest absolute Gasteiger partial charge is 0.486 e. The van der Waals surface area contributed by atoms with Crippen molar-refractivity contribution in [2.45, 2.75) is 25.4 Å². The number of rotatable bonds is 4. The Balaban J connectivity index is 1.79. The summed E-state index contributed by atoms with van der Waals surface area (Å²) in [7, 11) is 0. The highest BCUT2D eigenvalue weighted by atomic mass is 35.5. The molecule has 2 aromatic carbocycles. The zero-order chi connectivity index (χ0) is 17.1. The molecule has 1 N–H and O–H groups in total. The van der Waals surface area contributed by atoms with E-state index in [9.17, 15) is 13.2 Å². The van der Waals surface area contributed by atoms with Crippen molar-refractivity contribution >= 4 is 11.6 Å². The van der Waals surface area contributed by atoms with Gasteiger partial charge in [0.25, 0.3) is 0 Å². The van der Waals surface area contributed by atoms with E-state index < -0.39 is 17.5 Å². The molecule has 6 heteroatoms. The quantitative estimate of drug-likeness (QED) is 0.850. The number of halogens is 4. The fourth-order valence-electron chi connectivity index (χ4n) is 2.90. The summed E-state index contributed by atoms with van der Waals surface area (Å²) in [5.74, 6) is -1.92. The summed E-state index contributed by atoms with van der Waals surface area (Å²) in [6.07, 6.45) is 1.57. The lowest BCUT2D eigenvalue weighted by atomic mass is 9.89. The molecule has 0 atom stereocenters. The van der Waals surface area contributed by atoms with Gasteiger partial charge in [0.2, 0.25) is 0 Å². The SMILES string of the molecule is Fc1cc(Cl)ccc1COc1cc(C2CCNCC2)c(F)cc1F. The van der Waals surface area contributed by atoms with Crippen LogP contribution in [-0.4, -0.2) is 13.1 Å². The molecule has 0 aliphatic carbocycles. The van der Waals surface area contributed by atoms with E-state index in [1.165, 1.54) is 24.3 Å². The Morgan fingerprint density at radius 1 is 1.00 bits per heavy atom. The number of hydrogen-bond acceptors (Lipinski definition) is 2. The van der Waals surface area contributed by atoms with Gasteiger partial charge in [-0.3, -0.25) is 0 Å². The number of benzene rings is 2. The maximum absolute atomic E-state index is 14.1. The van der Waals surface area contributed by atoms with E-state index in [1.807, 2.05) is 0 Å². The van der Waals surface area contributed by atoms with Crippen LogP contribution in [0.1, 0.15) is 29.9 Å². The molecule has 0 spiro atoms. The molecule has 3 rings (SSSR count). The predicted octanol–water partition coefficient (Wildman–Crippen LogP) is 4.80. The number of nitrogens with one attached hydrogen (secondary N) is 1. The molecule has 0 bridgehead atoms. The van der Waals surface area contributed by atoms with Gasteiger partial charge in [-0.2, -0.15) is 0 Å². The van der Waals surface area contributed by atoms with E-state index in [0.29, 0.717) is 5.56 Å². The summed E-state index contributed by atoms with van der Waals surface area (Å²) in [6.45, 7) is 1.44. The minimum absolute atomic E-state index is 0.0291. The van der Waals surface area contributed by atoms with Crippen molar-refractivity contribution in [1.29, 1.82) is 0 Å². The minimum Gasteiger partial charge on any atom is -0.486 e. The van der Waals surface area contributed by atoms with Gasteiger partial charge in [-0.25, -0.2) is 13.2 Å². The molecule has 24 heavy (non-hydrogen) atoms. The lowest BCUT2D eigenvalue weighted by Crippen LogP contribution is -2.27. The Labute approximate surface area is 143 Å². The molecule has 1 saturated heterocycles. The topological polar surface area (TPSA) is 21.3 Å². The summed E-state index contributed by atoms with van der Waals surface area (Å²) in [6, 6.07) is 6.42. The molecule has 1 aliphatic rings. The van der Waals surface area contributed by atoms with Gasteiger partial charge in [-0.05, 0) is 55.6 Å². The first-order valence-electron chi connectivity index (χ1n) is 7.81. The molecule has 0 amide bonds. The van der Waals surface area contributed by atoms with Gasteiger partial charge in [0.1, 0.15) is 18.2 Å². The van der Waals surface area contributed by atoms with Crippen LogP contribution in [0, 0.1) is 17.5 Å². The van der Waals surface area contributed by atoms with Crippen LogP contribution >= 0.6 is 11.6 Å². The molecule has 2 nitrogen and oxygen atoms in total. The van der Waals surface area contributed by atoms with Crippen LogP contribution in [0.5, 0.6) is 5.75 Å². The highest BCUT2D eigenvalue weighted by Gasteiger charge is 2.21. The monoisotopic (exact) mass is 355 g/mol. The molecule has 2 aromatic rings. The Morgan fingerprint density at radius 2 is 1.75 bits per heavy atom. The predicted molar refractivity (Wildman–Crippen MR) is 86.9 cm³/mol. The van der Waals surface area contributed by atoms with Crippen molar-refractivity contribution in [3.8, 4) is 5.75 Å². The van der Waals surface area contributed by atoms with Crippen LogP contribution in [0.15, 0.2) is 30.3 Å². The molecular formula is C18H17ClF3NO. The van der Waals surface area contributed by atoms with Gasteiger partial charge in [0, 0.05) is 16.7 Å². The first-order valence-corrected chi connectivity index (χ1v) is 8.19. The van der Waals surface area contributed by atoms with E-state index >= 15 is 0 Å². The highest BCUT2D eigenvalue weighted by Crippen LogP contribution is 2.32. The fraction of sp³-hybridized carbons (Fsp3) is 0.333. The van der Waals surface area contributed by atoms with E-state index in [1.54, 1.807) is 0 Å². The zero-order valence-electron chi connectivity index (χ0n) is 12.9. The summed E-state index contributed by atoms with van der Waals surface area (Å²) in [5.41, 5.74) is 0.705. The molecule has 1 heterocycles. The van der Waals surface area contributed by atoms with Crippen molar-refractivity contribution in [2.24, 2.45) is 0 Å². The smallest absolute Gasteiger partial charge is 0.168 e. The van der Waals surface area contributed by atoms with Gasteiger partial charge in [0.15, 0.2) is 11.6 Å². The van der Waals surface area contributed by atoms with Gasteiger partial charge in [-0.1, -0.05) is 17.7 Å². The maximum Gasteiger partial charge on any atom is 0.168 e. The molecule has 0 saturated carbocycles. The van der Waals surface area contributed by atoms with Crippen molar-refractivity contribution in [2.75, 3.05) is 13.1 Å². The standard InChI is InChI=1S/C18H17ClF3NO/c19-13-2-1-12(15(20)7-13)10-24-18-8-14(16(21)9-17(18)22)11-3-5-23-6-4-11/h1-2,7-9,11,23H,3-6,10H2. The van der Waals surface area contributed by atoms with Gasteiger partial charge < -0.3 is 10.1 Å². The molecule has 128 valence electrons. The number of hydrogen-bond donors (Lipinski definition) is 1. The van der Waals surface area contributed by atoms with Crippen LogP contribution in [0.3, 0.4) is 0 Å². The van der Waals surface area contributed by atoms with Crippen molar-refractivity contribution in [3.05, 3.63) is 63.9 Å². The van der Waals surface area contributed by atoms with Crippen LogP contribution in [0.4, 0.5) is 13.2 Å². The summed E-state index contributed by atoms with van der Waals surface area (Å²) < 4.78 is 47.2. The third-order valence-electron chi connectivity index (χ3n) is 4.23. The maximum atomic E-state index is 14.1. The third kappa shape index (κ3) is 3.84. The Kier molecular flexibility index (Phi) is 5.31. The third-order valence-corrected chi connectivity index (χ3v) is 4.46. The lowest BCUT2D eigenvalue weighted by molar-refractivity contribution is 0.282. The van der Waals surface area contributed by atoms with Crippen LogP contribution < -0.4 is 10.1 Å². The first-order chi connectivity index (χ1) is 11.5. The number of ether oxygens (including phenoxy) is 1. The molecule has 0 unspecified atom stereocenters. The second-order valence-electron chi connectivity index (χ2n) is 5.85. The average Bonchev–Trinajstić information content (AvgIpc) is 2.56. The Bertz CT molecular complexity index is 732. The zero-order valence-corrected chi connectivity index (χ0v) is 13.7. The fourth-order valence-corrected chi connectivity index (χ4v) is 3.05. The van der Waals surface area contributed by atoms with Crippen molar-refractivity contribution < 1.29 is 17.9 Å². The molecule has 0 aromatic heterocycles. The first kappa shape index (κ1) is 17.1. The van der Waals surface area contributed by atoms with Crippen molar-refractivity contribution in [3.63, 3.8) is 0 Å². The normalized spacial score (nSPS) is 15.5. The van der Waals surface area contributed by atoms with Crippen LogP contribution in [0.2, 0.25) is 5.02 Å². The van der Waals surface area contributed by atoms with Gasteiger partial charge >= 0.3 is 0 Å². The summed E-state index contributed by atoms with van der Waals surface area (Å²) >= 11 is 5.70. The molecule has 0 radical (unpaired) electrons. The van der Waals surface area contributed by atoms with Crippen LogP contribution in [0.25, 0.3) is 0 Å². The van der Waals surface area contributed by atoms with Crippen molar-refractivity contribution in [1.82, 2.24) is 5.32 Å². The Morgan fingerprint density at radius 3 is 2.46 bits per heavy atom. The number of piperidine rings is 1. The van der Waals surface area contributed by atoms with E-state index in [4.69, 9.17) is 16.3 Å². The molecule has 1 fully saturated rings. The molecular weight excluding hydrogens is 339 g/mol. The van der Waals surface area contributed by atoms with E-state index in [-0.39, 0.29) is 28.9 Å². The Hall–Kier alpha value is -1.72. The van der Waals surface area contributed by atoms with E-state index in [2.05, 4.69) is 5.32 Å². The lowest BCUT2D eigenvalue weighted by Gasteiger charge is -2.24. The second-order valence-corrected chi connectivity index (χ2v) is 6.29. The van der Waals surface area contributed by atoms with Crippen LogP contribution in [-0.2, 0) is 6.61 Å². The average molecular weight is 356 g/mol.